The summed E-state index contributed by atoms with van der Waals surface area (Å²) in [5, 5.41) is 9.74. The summed E-state index contributed by atoms with van der Waals surface area (Å²) < 4.78 is 1.91. The van der Waals surface area contributed by atoms with Gasteiger partial charge in [0.05, 0.1) is 11.0 Å². The molecule has 5 heteroatoms. The number of aliphatic hydroxyl groups excluding tert-OH is 1. The summed E-state index contributed by atoms with van der Waals surface area (Å²) in [6.07, 6.45) is 0.408. The first-order valence-corrected chi connectivity index (χ1v) is 5.36. The van der Waals surface area contributed by atoms with E-state index in [9.17, 15) is 9.90 Å². The Morgan fingerprint density at radius 2 is 2.18 bits per heavy atom. The minimum atomic E-state index is -0.640. The fourth-order valence-corrected chi connectivity index (χ4v) is 2.22. The maximum Gasteiger partial charge on any atom is 0.255 e. The smallest absolute Gasteiger partial charge is 0.255 e. The van der Waals surface area contributed by atoms with Crippen LogP contribution < -0.4 is 5.73 Å². The number of carbonyl (C=O) groups is 1. The number of amides is 1. The number of benzene rings is 1. The van der Waals surface area contributed by atoms with E-state index in [-0.39, 0.29) is 11.3 Å². The van der Waals surface area contributed by atoms with Gasteiger partial charge in [-0.1, -0.05) is 12.1 Å². The lowest BCUT2D eigenvalue weighted by atomic mass is 10.1. The van der Waals surface area contributed by atoms with Gasteiger partial charge in [-0.15, -0.1) is 0 Å². The normalized spacial score (nSPS) is 15.1. The minimum Gasteiger partial charge on any atom is -0.511 e. The first-order chi connectivity index (χ1) is 8.18. The molecule has 86 valence electrons. The van der Waals surface area contributed by atoms with Gasteiger partial charge in [0.1, 0.15) is 17.2 Å². The standard InChI is InChI=1S/C12H11N3O2/c13-11(17)10-9(16)5-6-15-8-4-2-1-3-7(8)14-12(10)15/h1-4,16H,5-6H2,(H2,13,17). The molecule has 3 rings (SSSR count). The first kappa shape index (κ1) is 9.89. The number of hydrogen-bond donors (Lipinski definition) is 2. The molecule has 17 heavy (non-hydrogen) atoms. The maximum absolute atomic E-state index is 11.4. The van der Waals surface area contributed by atoms with Crippen molar-refractivity contribution in [1.29, 1.82) is 0 Å². The summed E-state index contributed by atoms with van der Waals surface area (Å²) in [4.78, 5) is 15.7. The monoisotopic (exact) mass is 229 g/mol. The summed E-state index contributed by atoms with van der Waals surface area (Å²) >= 11 is 0. The molecule has 1 aliphatic heterocycles. The van der Waals surface area contributed by atoms with Crippen LogP contribution in [-0.2, 0) is 11.3 Å². The summed E-state index contributed by atoms with van der Waals surface area (Å²) in [7, 11) is 0. The Balaban J connectivity index is 2.35. The zero-order chi connectivity index (χ0) is 12.0. The molecule has 0 unspecified atom stereocenters. The molecular weight excluding hydrogens is 218 g/mol. The number of aliphatic hydroxyl groups is 1. The van der Waals surface area contributed by atoms with Crippen molar-refractivity contribution < 1.29 is 9.90 Å². The molecule has 0 atom stereocenters. The van der Waals surface area contributed by atoms with E-state index in [1.54, 1.807) is 0 Å². The topological polar surface area (TPSA) is 81.1 Å². The van der Waals surface area contributed by atoms with Gasteiger partial charge >= 0.3 is 0 Å². The van der Waals surface area contributed by atoms with E-state index in [4.69, 9.17) is 5.73 Å². The Morgan fingerprint density at radius 1 is 1.41 bits per heavy atom. The van der Waals surface area contributed by atoms with Crippen molar-refractivity contribution in [1.82, 2.24) is 9.55 Å². The van der Waals surface area contributed by atoms with Crippen LogP contribution in [0.1, 0.15) is 12.2 Å². The van der Waals surface area contributed by atoms with Crippen LogP contribution in [-0.4, -0.2) is 20.6 Å². The van der Waals surface area contributed by atoms with Crippen LogP contribution in [0.3, 0.4) is 0 Å². The molecule has 5 nitrogen and oxygen atoms in total. The van der Waals surface area contributed by atoms with Crippen LogP contribution in [0.5, 0.6) is 0 Å². The molecule has 0 spiro atoms. The summed E-state index contributed by atoms with van der Waals surface area (Å²) in [5.74, 6) is -0.151. The zero-order valence-electron chi connectivity index (χ0n) is 9.05. The van der Waals surface area contributed by atoms with Gasteiger partial charge in [0, 0.05) is 13.0 Å². The maximum atomic E-state index is 11.4. The number of nitrogens with zero attached hydrogens (tertiary/aromatic N) is 2. The predicted molar refractivity (Wildman–Crippen MR) is 63.1 cm³/mol. The van der Waals surface area contributed by atoms with Gasteiger partial charge in [-0.05, 0) is 12.1 Å². The molecule has 1 aromatic heterocycles. The van der Waals surface area contributed by atoms with Crippen molar-refractivity contribution in [2.24, 2.45) is 5.73 Å². The summed E-state index contributed by atoms with van der Waals surface area (Å²) in [6.45, 7) is 0.610. The Kier molecular flexibility index (Phi) is 1.95. The van der Waals surface area contributed by atoms with E-state index in [0.29, 0.717) is 18.8 Å². The average Bonchev–Trinajstić information content (AvgIpc) is 2.66. The second kappa shape index (κ2) is 3.35. The Hall–Kier alpha value is -2.30. The van der Waals surface area contributed by atoms with Crippen LogP contribution >= 0.6 is 0 Å². The van der Waals surface area contributed by atoms with Gasteiger partial charge in [-0.3, -0.25) is 4.79 Å². The zero-order valence-corrected chi connectivity index (χ0v) is 9.05. The number of para-hydroxylation sites is 2. The number of primary amides is 1. The number of carbonyl (C=O) groups excluding carboxylic acids is 1. The molecule has 1 aromatic carbocycles. The number of imidazole rings is 1. The predicted octanol–water partition coefficient (Wildman–Crippen LogP) is 1.19. The average molecular weight is 229 g/mol. The molecule has 0 radical (unpaired) electrons. The fourth-order valence-electron chi connectivity index (χ4n) is 2.22. The van der Waals surface area contributed by atoms with Gasteiger partial charge in [0.2, 0.25) is 0 Å². The SMILES string of the molecule is NC(=O)C1=C(O)CCn2c1nc1ccccc12. The van der Waals surface area contributed by atoms with Gasteiger partial charge in [-0.2, -0.15) is 0 Å². The van der Waals surface area contributed by atoms with E-state index < -0.39 is 5.91 Å². The quantitative estimate of drug-likeness (QED) is 0.770. The third-order valence-corrected chi connectivity index (χ3v) is 2.99. The number of aryl methyl sites for hydroxylation is 1. The van der Waals surface area contributed by atoms with E-state index in [1.807, 2.05) is 28.8 Å². The molecule has 0 saturated carbocycles. The number of nitrogens with two attached hydrogens (primary N) is 1. The summed E-state index contributed by atoms with van der Waals surface area (Å²) in [6, 6.07) is 7.61. The van der Waals surface area contributed by atoms with Crippen molar-refractivity contribution in [3.05, 3.63) is 35.8 Å². The van der Waals surface area contributed by atoms with E-state index >= 15 is 0 Å². The Morgan fingerprint density at radius 3 is 2.94 bits per heavy atom. The largest absolute Gasteiger partial charge is 0.511 e. The molecule has 0 bridgehead atoms. The molecule has 0 fully saturated rings. The van der Waals surface area contributed by atoms with Crippen molar-refractivity contribution in [2.75, 3.05) is 0 Å². The van der Waals surface area contributed by atoms with Crippen molar-refractivity contribution in [3.8, 4) is 0 Å². The van der Waals surface area contributed by atoms with Crippen LogP contribution in [0.15, 0.2) is 30.0 Å². The van der Waals surface area contributed by atoms with Gasteiger partial charge in [-0.25, -0.2) is 4.98 Å². The van der Waals surface area contributed by atoms with E-state index in [0.717, 1.165) is 11.0 Å². The van der Waals surface area contributed by atoms with Gasteiger partial charge in [0.15, 0.2) is 0 Å². The fraction of sp³-hybridized carbons (Fsp3) is 0.167. The van der Waals surface area contributed by atoms with Crippen LogP contribution in [0.4, 0.5) is 0 Å². The second-order valence-electron chi connectivity index (χ2n) is 4.01. The Bertz CT molecular complexity index is 655. The van der Waals surface area contributed by atoms with Gasteiger partial charge in [0.25, 0.3) is 5.91 Å². The first-order valence-electron chi connectivity index (χ1n) is 5.36. The molecule has 2 aromatic rings. The highest BCUT2D eigenvalue weighted by Crippen LogP contribution is 2.28. The molecule has 1 amide bonds. The third-order valence-electron chi connectivity index (χ3n) is 2.99. The lowest BCUT2D eigenvalue weighted by Crippen LogP contribution is -2.22. The molecule has 0 saturated heterocycles. The lowest BCUT2D eigenvalue weighted by molar-refractivity contribution is -0.112. The second-order valence-corrected chi connectivity index (χ2v) is 4.01. The van der Waals surface area contributed by atoms with Crippen LogP contribution in [0.25, 0.3) is 16.6 Å². The van der Waals surface area contributed by atoms with Crippen molar-refractivity contribution in [3.63, 3.8) is 0 Å². The lowest BCUT2D eigenvalue weighted by Gasteiger charge is -2.16. The number of aromatic nitrogens is 2. The number of allylic oxidation sites excluding steroid dienone is 1. The summed E-state index contributed by atoms with van der Waals surface area (Å²) in [5.41, 5.74) is 7.17. The highest BCUT2D eigenvalue weighted by molar-refractivity contribution is 6.19. The molecule has 1 aliphatic rings. The molecular formula is C12H11N3O2. The van der Waals surface area contributed by atoms with Gasteiger partial charge < -0.3 is 15.4 Å². The van der Waals surface area contributed by atoms with E-state index in [1.165, 1.54) is 0 Å². The number of fused-ring (bicyclic) bond motifs is 3. The highest BCUT2D eigenvalue weighted by Gasteiger charge is 2.26. The molecule has 3 N–H and O–H groups in total. The third kappa shape index (κ3) is 1.32. The highest BCUT2D eigenvalue weighted by atomic mass is 16.3. The van der Waals surface area contributed by atoms with Crippen molar-refractivity contribution >= 4 is 22.5 Å². The minimum absolute atomic E-state index is 0.0281. The van der Waals surface area contributed by atoms with Crippen LogP contribution in [0.2, 0.25) is 0 Å². The van der Waals surface area contributed by atoms with Crippen LogP contribution in [0, 0.1) is 0 Å². The van der Waals surface area contributed by atoms with E-state index in [2.05, 4.69) is 4.98 Å². The number of rotatable bonds is 1. The van der Waals surface area contributed by atoms with Crippen molar-refractivity contribution in [2.45, 2.75) is 13.0 Å². The molecule has 2 heterocycles. The molecule has 0 aliphatic carbocycles. The Labute approximate surface area is 97.2 Å². The number of hydrogen-bond acceptors (Lipinski definition) is 3.